The number of hydrogen-bond acceptors (Lipinski definition) is 5. The summed E-state index contributed by atoms with van der Waals surface area (Å²) in [5.41, 5.74) is 0.333. The largest absolute Gasteiger partial charge is 0.496 e. The van der Waals surface area contributed by atoms with Gasteiger partial charge in [0.25, 0.3) is 17.4 Å². The number of aromatic nitrogens is 2. The molecular weight excluding hydrogens is 324 g/mol. The van der Waals surface area contributed by atoms with E-state index in [0.29, 0.717) is 37.5 Å². The molecule has 8 heteroatoms. The fourth-order valence-corrected chi connectivity index (χ4v) is 2.73. The van der Waals surface area contributed by atoms with Gasteiger partial charge < -0.3 is 14.5 Å². The van der Waals surface area contributed by atoms with Crippen molar-refractivity contribution >= 4 is 11.8 Å². The third-order valence-corrected chi connectivity index (χ3v) is 4.09. The van der Waals surface area contributed by atoms with Crippen molar-refractivity contribution in [3.05, 3.63) is 58.0 Å². The van der Waals surface area contributed by atoms with Crippen LogP contribution in [0.5, 0.6) is 5.75 Å². The third-order valence-electron chi connectivity index (χ3n) is 4.09. The SMILES string of the molecule is COc1ccccc1C(=O)N1CCN(C(=O)c2ccc(=O)[nH]n2)CC1. The number of para-hydroxylation sites is 1. The van der Waals surface area contributed by atoms with E-state index >= 15 is 0 Å². The Hall–Kier alpha value is -3.16. The predicted molar refractivity (Wildman–Crippen MR) is 89.7 cm³/mol. The zero-order valence-electron chi connectivity index (χ0n) is 13.8. The Morgan fingerprint density at radius 1 is 1.00 bits per heavy atom. The summed E-state index contributed by atoms with van der Waals surface area (Å²) in [5.74, 6) is 0.149. The minimum atomic E-state index is -0.358. The molecule has 1 aromatic heterocycles. The van der Waals surface area contributed by atoms with Crippen molar-refractivity contribution in [3.8, 4) is 5.75 Å². The first-order valence-electron chi connectivity index (χ1n) is 7.87. The molecule has 1 aliphatic rings. The van der Waals surface area contributed by atoms with Gasteiger partial charge >= 0.3 is 0 Å². The Bertz CT molecular complexity index is 820. The number of methoxy groups -OCH3 is 1. The molecule has 8 nitrogen and oxygen atoms in total. The number of hydrogen-bond donors (Lipinski definition) is 1. The maximum atomic E-state index is 12.7. The van der Waals surface area contributed by atoms with Crippen molar-refractivity contribution in [2.45, 2.75) is 0 Å². The number of carbonyl (C=O) groups excluding carboxylic acids is 2. The maximum Gasteiger partial charge on any atom is 0.274 e. The van der Waals surface area contributed by atoms with Gasteiger partial charge in [-0.15, -0.1) is 0 Å². The second kappa shape index (κ2) is 7.16. The van der Waals surface area contributed by atoms with Crippen LogP contribution in [0, 0.1) is 0 Å². The van der Waals surface area contributed by atoms with Gasteiger partial charge in [-0.25, -0.2) is 5.10 Å². The zero-order chi connectivity index (χ0) is 17.8. The minimum Gasteiger partial charge on any atom is -0.496 e. The molecule has 1 fully saturated rings. The zero-order valence-corrected chi connectivity index (χ0v) is 13.8. The molecule has 25 heavy (non-hydrogen) atoms. The molecule has 2 heterocycles. The fourth-order valence-electron chi connectivity index (χ4n) is 2.73. The van der Waals surface area contributed by atoms with Gasteiger partial charge in [0.2, 0.25) is 0 Å². The van der Waals surface area contributed by atoms with Gasteiger partial charge in [0.15, 0.2) is 0 Å². The molecule has 1 aliphatic heterocycles. The van der Waals surface area contributed by atoms with Crippen LogP contribution >= 0.6 is 0 Å². The van der Waals surface area contributed by atoms with E-state index in [-0.39, 0.29) is 23.1 Å². The van der Waals surface area contributed by atoms with Gasteiger partial charge in [0.1, 0.15) is 11.4 Å². The smallest absolute Gasteiger partial charge is 0.274 e. The molecule has 0 radical (unpaired) electrons. The standard InChI is InChI=1S/C17H18N4O4/c1-25-14-5-3-2-4-12(14)16(23)20-8-10-21(11-9-20)17(24)13-6-7-15(22)19-18-13/h2-7H,8-11H2,1H3,(H,19,22). The lowest BCUT2D eigenvalue weighted by Crippen LogP contribution is -2.50. The average Bonchev–Trinajstić information content (AvgIpc) is 2.67. The van der Waals surface area contributed by atoms with E-state index in [9.17, 15) is 14.4 Å². The summed E-state index contributed by atoms with van der Waals surface area (Å²) in [4.78, 5) is 39.4. The molecule has 0 aliphatic carbocycles. The summed E-state index contributed by atoms with van der Waals surface area (Å²) in [6.07, 6.45) is 0. The van der Waals surface area contributed by atoms with Gasteiger partial charge in [-0.05, 0) is 18.2 Å². The summed E-state index contributed by atoms with van der Waals surface area (Å²) < 4.78 is 5.23. The molecule has 1 N–H and O–H groups in total. The van der Waals surface area contributed by atoms with Crippen LogP contribution in [0.2, 0.25) is 0 Å². The Kier molecular flexibility index (Phi) is 4.78. The number of benzene rings is 1. The van der Waals surface area contributed by atoms with Crippen molar-refractivity contribution in [1.82, 2.24) is 20.0 Å². The van der Waals surface area contributed by atoms with Crippen molar-refractivity contribution in [1.29, 1.82) is 0 Å². The molecule has 0 saturated carbocycles. The molecule has 0 spiro atoms. The van der Waals surface area contributed by atoms with E-state index in [1.54, 1.807) is 28.0 Å². The molecule has 2 amide bonds. The van der Waals surface area contributed by atoms with Gasteiger partial charge in [0.05, 0.1) is 12.7 Å². The number of amides is 2. The highest BCUT2D eigenvalue weighted by Crippen LogP contribution is 2.20. The number of carbonyl (C=O) groups is 2. The molecule has 1 saturated heterocycles. The number of rotatable bonds is 3. The lowest BCUT2D eigenvalue weighted by molar-refractivity contribution is 0.0529. The van der Waals surface area contributed by atoms with Crippen molar-refractivity contribution in [2.75, 3.05) is 33.3 Å². The topological polar surface area (TPSA) is 95.6 Å². The van der Waals surface area contributed by atoms with E-state index in [1.165, 1.54) is 19.2 Å². The van der Waals surface area contributed by atoms with Gasteiger partial charge in [-0.1, -0.05) is 12.1 Å². The van der Waals surface area contributed by atoms with Crippen LogP contribution in [0.15, 0.2) is 41.2 Å². The van der Waals surface area contributed by atoms with E-state index in [1.807, 2.05) is 6.07 Å². The molecule has 1 aromatic carbocycles. The predicted octanol–water partition coefficient (Wildman–Crippen LogP) is 0.377. The van der Waals surface area contributed by atoms with Crippen LogP contribution in [-0.2, 0) is 0 Å². The van der Waals surface area contributed by atoms with E-state index in [4.69, 9.17) is 4.74 Å². The number of piperazine rings is 1. The first kappa shape index (κ1) is 16.7. The normalized spacial score (nSPS) is 14.3. The van der Waals surface area contributed by atoms with E-state index in [0.717, 1.165) is 0 Å². The lowest BCUT2D eigenvalue weighted by atomic mass is 10.1. The minimum absolute atomic E-state index is 0.119. The van der Waals surface area contributed by atoms with Crippen LogP contribution < -0.4 is 10.3 Å². The number of H-pyrrole nitrogens is 1. The van der Waals surface area contributed by atoms with Gasteiger partial charge in [0, 0.05) is 32.2 Å². The molecule has 0 atom stereocenters. The van der Waals surface area contributed by atoms with Crippen LogP contribution in [0.25, 0.3) is 0 Å². The van der Waals surface area contributed by atoms with Crippen LogP contribution in [0.3, 0.4) is 0 Å². The summed E-state index contributed by atoms with van der Waals surface area (Å²) in [6.45, 7) is 1.65. The highest BCUT2D eigenvalue weighted by molar-refractivity contribution is 5.97. The van der Waals surface area contributed by atoms with Crippen LogP contribution in [0.1, 0.15) is 20.8 Å². The molecule has 130 valence electrons. The Balaban J connectivity index is 1.65. The lowest BCUT2D eigenvalue weighted by Gasteiger charge is -2.34. The van der Waals surface area contributed by atoms with E-state index < -0.39 is 0 Å². The van der Waals surface area contributed by atoms with Crippen molar-refractivity contribution in [2.24, 2.45) is 0 Å². The highest BCUT2D eigenvalue weighted by atomic mass is 16.5. The maximum absolute atomic E-state index is 12.7. The Morgan fingerprint density at radius 3 is 2.24 bits per heavy atom. The molecule has 3 rings (SSSR count). The van der Waals surface area contributed by atoms with Gasteiger partial charge in [-0.3, -0.25) is 14.4 Å². The number of ether oxygens (including phenoxy) is 1. The number of aromatic amines is 1. The van der Waals surface area contributed by atoms with Crippen molar-refractivity contribution < 1.29 is 14.3 Å². The number of nitrogens with one attached hydrogen (secondary N) is 1. The van der Waals surface area contributed by atoms with E-state index in [2.05, 4.69) is 10.2 Å². The molecule has 0 unspecified atom stereocenters. The summed E-state index contributed by atoms with van der Waals surface area (Å²) >= 11 is 0. The highest BCUT2D eigenvalue weighted by Gasteiger charge is 2.27. The van der Waals surface area contributed by atoms with Gasteiger partial charge in [-0.2, -0.15) is 5.10 Å². The second-order valence-corrected chi connectivity index (χ2v) is 5.59. The van der Waals surface area contributed by atoms with Crippen LogP contribution in [0.4, 0.5) is 0 Å². The molecular formula is C17H18N4O4. The molecule has 2 aromatic rings. The second-order valence-electron chi connectivity index (χ2n) is 5.59. The van der Waals surface area contributed by atoms with Crippen molar-refractivity contribution in [3.63, 3.8) is 0 Å². The third kappa shape index (κ3) is 3.52. The summed E-state index contributed by atoms with van der Waals surface area (Å²) in [5, 5.41) is 6.00. The molecule has 0 bridgehead atoms. The Labute approximate surface area is 144 Å². The van der Waals surface area contributed by atoms with Crippen LogP contribution in [-0.4, -0.2) is 65.1 Å². The summed E-state index contributed by atoms with van der Waals surface area (Å²) in [6, 6.07) is 9.73. The average molecular weight is 342 g/mol. The fraction of sp³-hybridized carbons (Fsp3) is 0.294. The number of nitrogens with zero attached hydrogens (tertiary/aromatic N) is 3. The Morgan fingerprint density at radius 2 is 1.64 bits per heavy atom. The monoisotopic (exact) mass is 342 g/mol. The first-order chi connectivity index (χ1) is 12.1. The summed E-state index contributed by atoms with van der Waals surface area (Å²) in [7, 11) is 1.53. The quantitative estimate of drug-likeness (QED) is 0.870. The first-order valence-corrected chi connectivity index (χ1v) is 7.87.